The first-order valence-corrected chi connectivity index (χ1v) is 10.2. The van der Waals surface area contributed by atoms with E-state index in [4.69, 9.17) is 0 Å². The fourth-order valence-electron chi connectivity index (χ4n) is 3.10. The predicted octanol–water partition coefficient (Wildman–Crippen LogP) is 4.75. The minimum absolute atomic E-state index is 0.0736. The Bertz CT molecular complexity index is 990. The number of halogens is 3. The van der Waals surface area contributed by atoms with Crippen LogP contribution in [0.15, 0.2) is 59.5 Å². The van der Waals surface area contributed by atoms with Crippen molar-refractivity contribution in [1.29, 1.82) is 0 Å². The van der Waals surface area contributed by atoms with E-state index in [1.54, 1.807) is 24.3 Å². The van der Waals surface area contributed by atoms with Crippen molar-refractivity contribution in [3.8, 4) is 11.3 Å². The van der Waals surface area contributed by atoms with Crippen LogP contribution in [0.1, 0.15) is 44.7 Å². The lowest BCUT2D eigenvalue weighted by Gasteiger charge is -2.10. The van der Waals surface area contributed by atoms with Crippen molar-refractivity contribution in [2.24, 2.45) is 4.99 Å². The SMILES string of the molecule is CCCCCCNC(=O)C1=CN=C(n2nc(-c3cccnc3)cc2C(F)(F)F)CC=C1. The second-order valence-electron chi connectivity index (χ2n) is 7.12. The zero-order chi connectivity index (χ0) is 22.3. The molecule has 6 nitrogen and oxygen atoms in total. The maximum absolute atomic E-state index is 13.6. The van der Waals surface area contributed by atoms with Crippen molar-refractivity contribution in [2.75, 3.05) is 6.54 Å². The number of carbonyl (C=O) groups is 1. The van der Waals surface area contributed by atoms with Gasteiger partial charge in [0.25, 0.3) is 5.91 Å². The number of pyridine rings is 1. The molecule has 164 valence electrons. The second kappa shape index (κ2) is 10.2. The molecule has 2 aromatic rings. The number of nitrogens with one attached hydrogen (secondary N) is 1. The quantitative estimate of drug-likeness (QED) is 0.643. The Balaban J connectivity index is 1.83. The third-order valence-corrected chi connectivity index (χ3v) is 4.73. The molecular formula is C22H24F3N5O. The number of carbonyl (C=O) groups excluding carboxylic acids is 1. The smallest absolute Gasteiger partial charge is 0.352 e. The van der Waals surface area contributed by atoms with Crippen molar-refractivity contribution in [3.63, 3.8) is 0 Å². The van der Waals surface area contributed by atoms with Gasteiger partial charge < -0.3 is 5.32 Å². The highest BCUT2D eigenvalue weighted by molar-refractivity contribution is 5.97. The molecule has 9 heteroatoms. The number of aromatic nitrogens is 3. The second-order valence-corrected chi connectivity index (χ2v) is 7.12. The Morgan fingerprint density at radius 3 is 2.81 bits per heavy atom. The molecule has 0 aromatic carbocycles. The zero-order valence-corrected chi connectivity index (χ0v) is 17.2. The number of nitrogens with zero attached hydrogens (tertiary/aromatic N) is 4. The number of aliphatic imine (C=N–C) groups is 1. The normalized spacial score (nSPS) is 14.1. The Labute approximate surface area is 178 Å². The lowest BCUT2D eigenvalue weighted by Crippen LogP contribution is -2.25. The van der Waals surface area contributed by atoms with E-state index in [0.717, 1.165) is 36.4 Å². The van der Waals surface area contributed by atoms with Gasteiger partial charge in [0.2, 0.25) is 0 Å². The van der Waals surface area contributed by atoms with Crippen molar-refractivity contribution >= 4 is 11.7 Å². The summed E-state index contributed by atoms with van der Waals surface area (Å²) in [6, 6.07) is 4.24. The summed E-state index contributed by atoms with van der Waals surface area (Å²) in [5, 5.41) is 6.94. The van der Waals surface area contributed by atoms with E-state index in [1.807, 2.05) is 0 Å². The summed E-state index contributed by atoms with van der Waals surface area (Å²) in [5.74, 6) is -0.227. The summed E-state index contributed by atoms with van der Waals surface area (Å²) in [7, 11) is 0. The van der Waals surface area contributed by atoms with Crippen LogP contribution in [0, 0.1) is 0 Å². The predicted molar refractivity (Wildman–Crippen MR) is 112 cm³/mol. The van der Waals surface area contributed by atoms with Gasteiger partial charge in [0.05, 0.1) is 11.3 Å². The average Bonchev–Trinajstić information content (AvgIpc) is 3.07. The molecule has 0 aliphatic carbocycles. The highest BCUT2D eigenvalue weighted by atomic mass is 19.4. The van der Waals surface area contributed by atoms with Gasteiger partial charge in [-0.2, -0.15) is 18.3 Å². The number of alkyl halides is 3. The van der Waals surface area contributed by atoms with Gasteiger partial charge in [-0.1, -0.05) is 38.3 Å². The Kier molecular flexibility index (Phi) is 7.38. The molecule has 1 amide bonds. The molecule has 3 heterocycles. The summed E-state index contributed by atoms with van der Waals surface area (Å²) in [6.45, 7) is 2.66. The molecule has 0 radical (unpaired) electrons. The largest absolute Gasteiger partial charge is 0.433 e. The van der Waals surface area contributed by atoms with Gasteiger partial charge in [0.15, 0.2) is 0 Å². The summed E-state index contributed by atoms with van der Waals surface area (Å²) in [5.41, 5.74) is -0.0324. The fraction of sp³-hybridized carbons (Fsp3) is 0.364. The number of rotatable bonds is 7. The Hall–Kier alpha value is -3.23. The molecule has 1 aliphatic rings. The first-order valence-electron chi connectivity index (χ1n) is 10.2. The first kappa shape index (κ1) is 22.5. The summed E-state index contributed by atoms with van der Waals surface area (Å²) >= 11 is 0. The molecule has 0 saturated heterocycles. The Morgan fingerprint density at radius 2 is 2.10 bits per heavy atom. The van der Waals surface area contributed by atoms with Gasteiger partial charge in [-0.05, 0) is 24.6 Å². The van der Waals surface area contributed by atoms with Crippen LogP contribution in [0.25, 0.3) is 11.3 Å². The van der Waals surface area contributed by atoms with Crippen molar-refractivity contribution in [2.45, 2.75) is 45.2 Å². The van der Waals surface area contributed by atoms with Crippen molar-refractivity contribution < 1.29 is 18.0 Å². The maximum Gasteiger partial charge on any atom is 0.433 e. The zero-order valence-electron chi connectivity index (χ0n) is 17.2. The molecule has 0 bridgehead atoms. The summed E-state index contributed by atoms with van der Waals surface area (Å²) in [6.07, 6.45) is 7.06. The molecular weight excluding hydrogens is 407 g/mol. The summed E-state index contributed by atoms with van der Waals surface area (Å²) < 4.78 is 41.7. The lowest BCUT2D eigenvalue weighted by atomic mass is 10.2. The van der Waals surface area contributed by atoms with E-state index < -0.39 is 11.9 Å². The minimum atomic E-state index is -4.62. The minimum Gasteiger partial charge on any atom is -0.352 e. The van der Waals surface area contributed by atoms with Crippen LogP contribution < -0.4 is 5.32 Å². The van der Waals surface area contributed by atoms with Gasteiger partial charge in [0.1, 0.15) is 11.5 Å². The van der Waals surface area contributed by atoms with Gasteiger partial charge in [-0.25, -0.2) is 9.67 Å². The topological polar surface area (TPSA) is 72.2 Å². The van der Waals surface area contributed by atoms with Crippen molar-refractivity contribution in [3.05, 3.63) is 60.2 Å². The van der Waals surface area contributed by atoms with E-state index in [0.29, 0.717) is 17.7 Å². The van der Waals surface area contributed by atoms with Crippen LogP contribution in [-0.2, 0) is 11.0 Å². The number of amides is 1. The van der Waals surface area contributed by atoms with Crippen LogP contribution in [-0.4, -0.2) is 33.1 Å². The van der Waals surface area contributed by atoms with Gasteiger partial charge in [0, 0.05) is 37.1 Å². The van der Waals surface area contributed by atoms with Crippen molar-refractivity contribution in [1.82, 2.24) is 20.1 Å². The van der Waals surface area contributed by atoms with Crippen LogP contribution in [0.4, 0.5) is 13.2 Å². The third kappa shape index (κ3) is 5.90. The highest BCUT2D eigenvalue weighted by Gasteiger charge is 2.37. The Morgan fingerprint density at radius 1 is 1.26 bits per heavy atom. The lowest BCUT2D eigenvalue weighted by molar-refractivity contribution is -0.142. The van der Waals surface area contributed by atoms with Gasteiger partial charge in [-0.15, -0.1) is 0 Å². The van der Waals surface area contributed by atoms with Gasteiger partial charge >= 0.3 is 6.18 Å². The summed E-state index contributed by atoms with van der Waals surface area (Å²) in [4.78, 5) is 20.4. The van der Waals surface area contributed by atoms with E-state index in [9.17, 15) is 18.0 Å². The average molecular weight is 431 g/mol. The van der Waals surface area contributed by atoms with Crippen LogP contribution in [0.5, 0.6) is 0 Å². The molecule has 0 atom stereocenters. The molecule has 2 aromatic heterocycles. The van der Waals surface area contributed by atoms with E-state index in [2.05, 4.69) is 27.3 Å². The fourth-order valence-corrected chi connectivity index (χ4v) is 3.10. The number of hydrogen-bond donors (Lipinski definition) is 1. The van der Waals surface area contributed by atoms with Crippen LogP contribution in [0.3, 0.4) is 0 Å². The monoisotopic (exact) mass is 431 g/mol. The molecule has 0 spiro atoms. The van der Waals surface area contributed by atoms with Crippen LogP contribution in [0.2, 0.25) is 0 Å². The molecule has 0 fully saturated rings. The highest BCUT2D eigenvalue weighted by Crippen LogP contribution is 2.32. The maximum atomic E-state index is 13.6. The number of hydrogen-bond acceptors (Lipinski definition) is 4. The van der Waals surface area contributed by atoms with Gasteiger partial charge in [-0.3, -0.25) is 9.78 Å². The first-order chi connectivity index (χ1) is 14.9. The van der Waals surface area contributed by atoms with Crippen LogP contribution >= 0.6 is 0 Å². The number of allylic oxidation sites excluding steroid dienone is 1. The molecule has 3 rings (SSSR count). The van der Waals surface area contributed by atoms with E-state index in [-0.39, 0.29) is 23.9 Å². The molecule has 1 N–H and O–H groups in total. The molecule has 0 saturated carbocycles. The molecule has 31 heavy (non-hydrogen) atoms. The number of unbranched alkanes of at least 4 members (excludes halogenated alkanes) is 3. The molecule has 1 aliphatic heterocycles. The van der Waals surface area contributed by atoms with E-state index >= 15 is 0 Å². The third-order valence-electron chi connectivity index (χ3n) is 4.73. The standard InChI is InChI=1S/C22H24F3N5O/c1-2-3-4-5-12-27-21(31)17-8-6-10-20(28-15-17)30-19(22(23,24)25)13-18(29-30)16-9-7-11-26-14-16/h6-9,11,13-15H,2-5,10,12H2,1H3,(H,27,31). The van der Waals surface area contributed by atoms with E-state index in [1.165, 1.54) is 18.6 Å². The molecule has 0 unspecified atom stereocenters.